The van der Waals surface area contributed by atoms with Crippen molar-refractivity contribution in [1.82, 2.24) is 5.06 Å². The molecule has 1 aromatic rings. The highest BCUT2D eigenvalue weighted by molar-refractivity contribution is 6.21. The van der Waals surface area contributed by atoms with Crippen LogP contribution in [0.2, 0.25) is 0 Å². The summed E-state index contributed by atoms with van der Waals surface area (Å²) in [5, 5.41) is 8.96. The van der Waals surface area contributed by atoms with E-state index in [0.29, 0.717) is 0 Å². The lowest BCUT2D eigenvalue weighted by Gasteiger charge is -2.11. The van der Waals surface area contributed by atoms with Gasteiger partial charge in [0.05, 0.1) is 11.1 Å². The van der Waals surface area contributed by atoms with Crippen LogP contribution >= 0.6 is 0 Å². The molecule has 0 fully saturated rings. The van der Waals surface area contributed by atoms with Crippen LogP contribution in [0.4, 0.5) is 13.2 Å². The van der Waals surface area contributed by atoms with Gasteiger partial charge in [0.25, 0.3) is 11.8 Å². The number of hydrogen-bond acceptors (Lipinski definition) is 5. The van der Waals surface area contributed by atoms with Crippen LogP contribution in [0.1, 0.15) is 20.7 Å². The number of imide groups is 1. The Balaban J connectivity index is 2.37. The molecule has 6 nitrogen and oxygen atoms in total. The second kappa shape index (κ2) is 4.70. The van der Waals surface area contributed by atoms with Gasteiger partial charge >= 0.3 is 12.1 Å². The van der Waals surface area contributed by atoms with E-state index in [9.17, 15) is 32.8 Å². The van der Waals surface area contributed by atoms with E-state index in [1.807, 2.05) is 0 Å². The zero-order valence-electron chi connectivity index (χ0n) is 10.1. The van der Waals surface area contributed by atoms with Crippen molar-refractivity contribution < 1.29 is 37.5 Å². The Kier molecular flexibility index (Phi) is 3.30. The second-order valence-electron chi connectivity index (χ2n) is 3.97. The first kappa shape index (κ1) is 14.7. The molecule has 0 atom stereocenters. The van der Waals surface area contributed by atoms with Gasteiger partial charge in [0, 0.05) is 0 Å². The number of benzene rings is 1. The van der Waals surface area contributed by atoms with Crippen LogP contribution in [-0.2, 0) is 4.79 Å². The fourth-order valence-electron chi connectivity index (χ4n) is 1.60. The largest absolute Gasteiger partial charge is 0.422 e. The SMILES string of the molecule is C=C(C(=O)Oc1cccc2c1C(=O)N(O)C2=O)C(F)(F)F. The third-order valence-corrected chi connectivity index (χ3v) is 2.65. The lowest BCUT2D eigenvalue weighted by molar-refractivity contribution is -0.142. The Morgan fingerprint density at radius 2 is 1.86 bits per heavy atom. The van der Waals surface area contributed by atoms with Gasteiger partial charge in [-0.2, -0.15) is 13.2 Å². The number of carbonyl (C=O) groups is 3. The molecule has 1 aliphatic heterocycles. The van der Waals surface area contributed by atoms with Crippen LogP contribution in [0.5, 0.6) is 5.75 Å². The molecule has 0 unspecified atom stereocenters. The molecule has 110 valence electrons. The standard InChI is InChI=1S/C12H6F3NO5/c1-5(12(13,14)15)11(19)21-7-4-2-3-6-8(7)10(18)16(20)9(6)17/h2-4,20H,1H2. The summed E-state index contributed by atoms with van der Waals surface area (Å²) in [6.07, 6.45) is -4.99. The van der Waals surface area contributed by atoms with Crippen LogP contribution in [0.3, 0.4) is 0 Å². The number of carbonyl (C=O) groups excluding carboxylic acids is 3. The molecule has 2 rings (SSSR count). The fourth-order valence-corrected chi connectivity index (χ4v) is 1.60. The molecule has 0 aliphatic carbocycles. The Hall–Kier alpha value is -2.68. The summed E-state index contributed by atoms with van der Waals surface area (Å²) in [6, 6.07) is 3.36. The lowest BCUT2D eigenvalue weighted by Crippen LogP contribution is -2.26. The number of ether oxygens (including phenoxy) is 1. The van der Waals surface area contributed by atoms with E-state index in [1.54, 1.807) is 0 Å². The maximum absolute atomic E-state index is 12.3. The summed E-state index contributed by atoms with van der Waals surface area (Å²) >= 11 is 0. The van der Waals surface area contributed by atoms with Crippen molar-refractivity contribution in [2.75, 3.05) is 0 Å². The predicted molar refractivity (Wildman–Crippen MR) is 59.6 cm³/mol. The number of hydrogen-bond donors (Lipinski definition) is 1. The van der Waals surface area contributed by atoms with Crippen molar-refractivity contribution >= 4 is 17.8 Å². The summed E-state index contributed by atoms with van der Waals surface area (Å²) in [4.78, 5) is 34.4. The number of esters is 1. The highest BCUT2D eigenvalue weighted by atomic mass is 19.4. The molecule has 1 heterocycles. The number of rotatable bonds is 2. The molecule has 0 saturated carbocycles. The lowest BCUT2D eigenvalue weighted by atomic mass is 10.1. The monoisotopic (exact) mass is 301 g/mol. The van der Waals surface area contributed by atoms with Crippen LogP contribution in [0.25, 0.3) is 0 Å². The molecule has 0 bridgehead atoms. The Morgan fingerprint density at radius 3 is 2.43 bits per heavy atom. The maximum atomic E-state index is 12.3. The Morgan fingerprint density at radius 1 is 1.24 bits per heavy atom. The predicted octanol–water partition coefficient (Wildman–Crippen LogP) is 1.70. The topological polar surface area (TPSA) is 83.9 Å². The minimum absolute atomic E-state index is 0.222. The molecular formula is C12H6F3NO5. The second-order valence-corrected chi connectivity index (χ2v) is 3.97. The smallest absolute Gasteiger partial charge is 0.422 e. The van der Waals surface area contributed by atoms with Crippen molar-refractivity contribution in [2.45, 2.75) is 6.18 Å². The average Bonchev–Trinajstić information content (AvgIpc) is 2.63. The van der Waals surface area contributed by atoms with Gasteiger partial charge in [-0.05, 0) is 12.1 Å². The Bertz CT molecular complexity index is 680. The van der Waals surface area contributed by atoms with Gasteiger partial charge in [0.15, 0.2) is 0 Å². The number of halogens is 3. The highest BCUT2D eigenvalue weighted by Gasteiger charge is 2.41. The van der Waals surface area contributed by atoms with Gasteiger partial charge in [-0.15, -0.1) is 5.06 Å². The molecule has 1 aromatic carbocycles. The van der Waals surface area contributed by atoms with Crippen LogP contribution in [-0.4, -0.2) is 34.2 Å². The summed E-state index contributed by atoms with van der Waals surface area (Å²) in [5.41, 5.74) is -2.54. The van der Waals surface area contributed by atoms with E-state index in [0.717, 1.165) is 12.1 Å². The quantitative estimate of drug-likeness (QED) is 0.295. The molecule has 2 amide bonds. The third-order valence-electron chi connectivity index (χ3n) is 2.65. The molecule has 1 aliphatic rings. The molecular weight excluding hydrogens is 295 g/mol. The van der Waals surface area contributed by atoms with E-state index < -0.39 is 40.8 Å². The zero-order valence-corrected chi connectivity index (χ0v) is 10.1. The van der Waals surface area contributed by atoms with Gasteiger partial charge in [0.1, 0.15) is 11.3 Å². The third kappa shape index (κ3) is 2.38. The number of fused-ring (bicyclic) bond motifs is 1. The van der Waals surface area contributed by atoms with Gasteiger partial charge in [-0.3, -0.25) is 14.8 Å². The average molecular weight is 301 g/mol. The van der Waals surface area contributed by atoms with E-state index in [1.165, 1.54) is 6.07 Å². The summed E-state index contributed by atoms with van der Waals surface area (Å²) in [5.74, 6) is -4.65. The van der Waals surface area contributed by atoms with Crippen molar-refractivity contribution in [1.29, 1.82) is 0 Å². The van der Waals surface area contributed by atoms with Gasteiger partial charge in [-0.25, -0.2) is 4.79 Å². The highest BCUT2D eigenvalue weighted by Crippen LogP contribution is 2.32. The first-order valence-electron chi connectivity index (χ1n) is 5.33. The van der Waals surface area contributed by atoms with Gasteiger partial charge < -0.3 is 4.74 Å². The number of hydroxylamine groups is 2. The molecule has 9 heteroatoms. The van der Waals surface area contributed by atoms with Crippen LogP contribution in [0.15, 0.2) is 30.4 Å². The van der Waals surface area contributed by atoms with Crippen molar-refractivity contribution in [2.24, 2.45) is 0 Å². The summed E-state index contributed by atoms with van der Waals surface area (Å²) in [7, 11) is 0. The minimum Gasteiger partial charge on any atom is -0.422 e. The zero-order chi connectivity index (χ0) is 15.9. The minimum atomic E-state index is -4.99. The molecule has 1 N–H and O–H groups in total. The number of nitrogens with zero attached hydrogens (tertiary/aromatic N) is 1. The van der Waals surface area contributed by atoms with E-state index in [-0.39, 0.29) is 10.6 Å². The molecule has 0 aromatic heterocycles. The fraction of sp³-hybridized carbons (Fsp3) is 0.0833. The van der Waals surface area contributed by atoms with E-state index in [2.05, 4.69) is 11.3 Å². The summed E-state index contributed by atoms with van der Waals surface area (Å²) < 4.78 is 41.4. The molecule has 0 saturated heterocycles. The first-order chi connectivity index (χ1) is 9.64. The first-order valence-corrected chi connectivity index (χ1v) is 5.33. The van der Waals surface area contributed by atoms with Gasteiger partial charge in [0.2, 0.25) is 0 Å². The van der Waals surface area contributed by atoms with E-state index >= 15 is 0 Å². The molecule has 0 radical (unpaired) electrons. The van der Waals surface area contributed by atoms with Crippen molar-refractivity contribution in [3.63, 3.8) is 0 Å². The van der Waals surface area contributed by atoms with Crippen LogP contribution < -0.4 is 4.74 Å². The molecule has 21 heavy (non-hydrogen) atoms. The van der Waals surface area contributed by atoms with Gasteiger partial charge in [-0.1, -0.05) is 12.6 Å². The normalized spacial score (nSPS) is 14.2. The molecule has 0 spiro atoms. The maximum Gasteiger partial charge on any atom is 0.422 e. The number of amides is 2. The van der Waals surface area contributed by atoms with E-state index in [4.69, 9.17) is 0 Å². The van der Waals surface area contributed by atoms with Crippen molar-refractivity contribution in [3.8, 4) is 5.75 Å². The number of alkyl halides is 3. The Labute approximate surface area is 115 Å². The van der Waals surface area contributed by atoms with Crippen molar-refractivity contribution in [3.05, 3.63) is 41.5 Å². The van der Waals surface area contributed by atoms with Crippen LogP contribution in [0, 0.1) is 0 Å². The summed E-state index contributed by atoms with van der Waals surface area (Å²) in [6.45, 7) is 2.55.